The lowest BCUT2D eigenvalue weighted by Crippen LogP contribution is -1.77. The van der Waals surface area contributed by atoms with Gasteiger partial charge in [-0.2, -0.15) is 0 Å². The van der Waals surface area contributed by atoms with Gasteiger partial charge in [0.2, 0.25) is 5.89 Å². The van der Waals surface area contributed by atoms with Gasteiger partial charge in [-0.05, 0) is 28.1 Å². The summed E-state index contributed by atoms with van der Waals surface area (Å²) in [5, 5.41) is 0. The van der Waals surface area contributed by atoms with Crippen LogP contribution >= 0.6 is 15.9 Å². The van der Waals surface area contributed by atoms with Crippen molar-refractivity contribution in [3.63, 3.8) is 0 Å². The van der Waals surface area contributed by atoms with E-state index in [4.69, 9.17) is 4.42 Å². The Morgan fingerprint density at radius 3 is 2.92 bits per heavy atom. The van der Waals surface area contributed by atoms with Crippen LogP contribution in [0.2, 0.25) is 0 Å². The van der Waals surface area contributed by atoms with Gasteiger partial charge < -0.3 is 4.42 Å². The molecule has 0 saturated heterocycles. The van der Waals surface area contributed by atoms with E-state index in [1.807, 2.05) is 12.1 Å². The van der Waals surface area contributed by atoms with Crippen molar-refractivity contribution >= 4 is 15.9 Å². The molecule has 2 aromatic heterocycles. The fourth-order valence-electron chi connectivity index (χ4n) is 0.876. The zero-order valence-corrected chi connectivity index (χ0v) is 7.65. The Morgan fingerprint density at radius 1 is 1.42 bits per heavy atom. The van der Waals surface area contributed by atoms with Gasteiger partial charge in [0.1, 0.15) is 10.9 Å². The third-order valence-electron chi connectivity index (χ3n) is 1.38. The standard InChI is InChI=1S/C8H5BrN2O/c9-7-5-12-8(11-7)6-2-1-3-10-4-6/h1-5H. The molecule has 0 amide bonds. The lowest BCUT2D eigenvalue weighted by atomic mass is 10.3. The van der Waals surface area contributed by atoms with E-state index in [1.54, 1.807) is 18.7 Å². The van der Waals surface area contributed by atoms with Crippen molar-refractivity contribution in [2.45, 2.75) is 0 Å². The van der Waals surface area contributed by atoms with Crippen LogP contribution in [0.1, 0.15) is 0 Å². The van der Waals surface area contributed by atoms with E-state index >= 15 is 0 Å². The summed E-state index contributed by atoms with van der Waals surface area (Å²) in [7, 11) is 0. The van der Waals surface area contributed by atoms with Crippen LogP contribution in [0.4, 0.5) is 0 Å². The smallest absolute Gasteiger partial charge is 0.228 e. The lowest BCUT2D eigenvalue weighted by Gasteiger charge is -1.90. The van der Waals surface area contributed by atoms with Crippen molar-refractivity contribution in [3.05, 3.63) is 35.4 Å². The maximum atomic E-state index is 5.15. The third-order valence-corrected chi connectivity index (χ3v) is 1.75. The Labute approximate surface area is 77.6 Å². The summed E-state index contributed by atoms with van der Waals surface area (Å²) in [6.45, 7) is 0. The minimum absolute atomic E-state index is 0.579. The summed E-state index contributed by atoms with van der Waals surface area (Å²) in [6, 6.07) is 3.73. The first-order valence-corrected chi connectivity index (χ1v) is 4.17. The average molecular weight is 225 g/mol. The first kappa shape index (κ1) is 7.49. The molecule has 3 nitrogen and oxygen atoms in total. The second-order valence-corrected chi connectivity index (χ2v) is 3.03. The molecule has 0 spiro atoms. The van der Waals surface area contributed by atoms with E-state index in [0.29, 0.717) is 10.5 Å². The van der Waals surface area contributed by atoms with E-state index in [1.165, 1.54) is 0 Å². The molecular weight excluding hydrogens is 220 g/mol. The summed E-state index contributed by atoms with van der Waals surface area (Å²) < 4.78 is 5.85. The van der Waals surface area contributed by atoms with Crippen LogP contribution in [-0.2, 0) is 0 Å². The summed E-state index contributed by atoms with van der Waals surface area (Å²) in [6.07, 6.45) is 4.96. The quantitative estimate of drug-likeness (QED) is 0.748. The van der Waals surface area contributed by atoms with E-state index in [-0.39, 0.29) is 0 Å². The number of pyridine rings is 1. The monoisotopic (exact) mass is 224 g/mol. The Hall–Kier alpha value is -1.16. The molecular formula is C8H5BrN2O. The Kier molecular flexibility index (Phi) is 1.91. The topological polar surface area (TPSA) is 38.9 Å². The molecule has 0 N–H and O–H groups in total. The van der Waals surface area contributed by atoms with Crippen LogP contribution in [0, 0.1) is 0 Å². The molecule has 12 heavy (non-hydrogen) atoms. The van der Waals surface area contributed by atoms with Gasteiger partial charge in [0.05, 0.1) is 5.56 Å². The summed E-state index contributed by atoms with van der Waals surface area (Å²) in [5.74, 6) is 0.579. The van der Waals surface area contributed by atoms with Crippen LogP contribution in [-0.4, -0.2) is 9.97 Å². The highest BCUT2D eigenvalue weighted by Gasteiger charge is 2.03. The van der Waals surface area contributed by atoms with Crippen molar-refractivity contribution in [1.82, 2.24) is 9.97 Å². The van der Waals surface area contributed by atoms with Crippen molar-refractivity contribution in [2.75, 3.05) is 0 Å². The average Bonchev–Trinajstić information content (AvgIpc) is 2.54. The van der Waals surface area contributed by atoms with Crippen molar-refractivity contribution in [1.29, 1.82) is 0 Å². The molecule has 0 bridgehead atoms. The highest BCUT2D eigenvalue weighted by atomic mass is 79.9. The Balaban J connectivity index is 2.45. The zero-order valence-electron chi connectivity index (χ0n) is 6.07. The first-order valence-electron chi connectivity index (χ1n) is 3.38. The van der Waals surface area contributed by atoms with Crippen LogP contribution < -0.4 is 0 Å². The van der Waals surface area contributed by atoms with E-state index in [0.717, 1.165) is 5.56 Å². The number of hydrogen-bond donors (Lipinski definition) is 0. The fourth-order valence-corrected chi connectivity index (χ4v) is 1.13. The van der Waals surface area contributed by atoms with E-state index in [2.05, 4.69) is 25.9 Å². The van der Waals surface area contributed by atoms with Gasteiger partial charge >= 0.3 is 0 Å². The van der Waals surface area contributed by atoms with E-state index < -0.39 is 0 Å². The molecule has 60 valence electrons. The van der Waals surface area contributed by atoms with Crippen LogP contribution in [0.5, 0.6) is 0 Å². The molecule has 0 aliphatic carbocycles. The number of oxazole rings is 1. The lowest BCUT2D eigenvalue weighted by molar-refractivity contribution is 0.573. The molecule has 0 atom stereocenters. The molecule has 0 aliphatic rings. The van der Waals surface area contributed by atoms with Gasteiger partial charge in [-0.25, -0.2) is 4.98 Å². The molecule has 2 aromatic rings. The molecule has 4 heteroatoms. The first-order chi connectivity index (χ1) is 5.86. The molecule has 2 heterocycles. The highest BCUT2D eigenvalue weighted by molar-refractivity contribution is 9.10. The summed E-state index contributed by atoms with van der Waals surface area (Å²) in [5.41, 5.74) is 0.878. The van der Waals surface area contributed by atoms with Gasteiger partial charge in [0.25, 0.3) is 0 Å². The minimum Gasteiger partial charge on any atom is -0.443 e. The van der Waals surface area contributed by atoms with Gasteiger partial charge in [-0.1, -0.05) is 0 Å². The van der Waals surface area contributed by atoms with Crippen molar-refractivity contribution < 1.29 is 4.42 Å². The number of hydrogen-bond acceptors (Lipinski definition) is 3. The molecule has 0 radical (unpaired) electrons. The number of nitrogens with zero attached hydrogens (tertiary/aromatic N) is 2. The SMILES string of the molecule is Brc1coc(-c2cccnc2)n1. The molecule has 0 fully saturated rings. The highest BCUT2D eigenvalue weighted by Crippen LogP contribution is 2.19. The van der Waals surface area contributed by atoms with Crippen LogP contribution in [0.3, 0.4) is 0 Å². The number of rotatable bonds is 1. The number of halogens is 1. The summed E-state index contributed by atoms with van der Waals surface area (Å²) in [4.78, 5) is 8.05. The largest absolute Gasteiger partial charge is 0.443 e. The third kappa shape index (κ3) is 1.38. The van der Waals surface area contributed by atoms with Crippen LogP contribution in [0.15, 0.2) is 39.8 Å². The van der Waals surface area contributed by atoms with Crippen LogP contribution in [0.25, 0.3) is 11.5 Å². The van der Waals surface area contributed by atoms with E-state index in [9.17, 15) is 0 Å². The maximum absolute atomic E-state index is 5.15. The molecule has 0 saturated carbocycles. The number of aromatic nitrogens is 2. The predicted octanol–water partition coefficient (Wildman–Crippen LogP) is 2.50. The van der Waals surface area contributed by atoms with Gasteiger partial charge in [0, 0.05) is 12.4 Å². The predicted molar refractivity (Wildman–Crippen MR) is 47.4 cm³/mol. The molecule has 0 aromatic carbocycles. The Bertz CT molecular complexity index is 372. The second kappa shape index (κ2) is 3.06. The molecule has 2 rings (SSSR count). The molecule has 0 unspecified atom stereocenters. The summed E-state index contributed by atoms with van der Waals surface area (Å²) >= 11 is 3.20. The Morgan fingerprint density at radius 2 is 2.33 bits per heavy atom. The van der Waals surface area contributed by atoms with Gasteiger partial charge in [0.15, 0.2) is 0 Å². The van der Waals surface area contributed by atoms with Crippen molar-refractivity contribution in [3.8, 4) is 11.5 Å². The maximum Gasteiger partial charge on any atom is 0.228 e. The van der Waals surface area contributed by atoms with Crippen molar-refractivity contribution in [2.24, 2.45) is 0 Å². The van der Waals surface area contributed by atoms with Gasteiger partial charge in [-0.3, -0.25) is 4.98 Å². The van der Waals surface area contributed by atoms with Gasteiger partial charge in [-0.15, -0.1) is 0 Å². The second-order valence-electron chi connectivity index (χ2n) is 2.22. The molecule has 0 aliphatic heterocycles. The fraction of sp³-hybridized carbons (Fsp3) is 0. The normalized spacial score (nSPS) is 10.1. The zero-order chi connectivity index (χ0) is 8.39. The minimum atomic E-state index is 0.579.